The van der Waals surface area contributed by atoms with E-state index in [1.54, 1.807) is 20.8 Å². The molecule has 0 spiro atoms. The van der Waals surface area contributed by atoms with Crippen LogP contribution < -0.4 is 14.8 Å². The Kier molecular flexibility index (Phi) is 4.93. The molecule has 21 heavy (non-hydrogen) atoms. The first-order valence-corrected chi connectivity index (χ1v) is 5.94. The van der Waals surface area contributed by atoms with Crippen molar-refractivity contribution in [1.29, 1.82) is 0 Å². The number of anilines is 1. The van der Waals surface area contributed by atoms with Crippen molar-refractivity contribution in [3.8, 4) is 11.5 Å². The molecule has 0 bridgehead atoms. The minimum absolute atomic E-state index is 0.0163. The summed E-state index contributed by atoms with van der Waals surface area (Å²) >= 11 is 0. The highest BCUT2D eigenvalue weighted by Crippen LogP contribution is 2.37. The maximum Gasteiger partial charge on any atom is 0.573 e. The second-order valence-corrected chi connectivity index (χ2v) is 5.01. The third kappa shape index (κ3) is 5.80. The van der Waals surface area contributed by atoms with Crippen molar-refractivity contribution in [2.75, 3.05) is 12.4 Å². The van der Waals surface area contributed by atoms with Gasteiger partial charge in [0.25, 0.3) is 0 Å². The third-order valence-electron chi connectivity index (χ3n) is 2.06. The zero-order valence-electron chi connectivity index (χ0n) is 12.0. The van der Waals surface area contributed by atoms with Crippen LogP contribution in [0.15, 0.2) is 18.2 Å². The lowest BCUT2D eigenvalue weighted by Gasteiger charge is -2.21. The van der Waals surface area contributed by atoms with Gasteiger partial charge in [0.1, 0.15) is 17.0 Å². The molecule has 0 heterocycles. The van der Waals surface area contributed by atoms with E-state index >= 15 is 0 Å². The maximum atomic E-state index is 12.4. The molecule has 118 valence electrons. The number of halogens is 3. The van der Waals surface area contributed by atoms with Gasteiger partial charge in [0, 0.05) is 0 Å². The van der Waals surface area contributed by atoms with Crippen LogP contribution in [0.3, 0.4) is 0 Å². The van der Waals surface area contributed by atoms with Gasteiger partial charge < -0.3 is 14.2 Å². The Balaban J connectivity index is 3.05. The minimum Gasteiger partial charge on any atom is -0.494 e. The number of nitrogens with one attached hydrogen (secondary N) is 1. The Morgan fingerprint density at radius 3 is 2.19 bits per heavy atom. The summed E-state index contributed by atoms with van der Waals surface area (Å²) in [6, 6.07) is 3.75. The summed E-state index contributed by atoms with van der Waals surface area (Å²) in [6.07, 6.45) is -5.81. The summed E-state index contributed by atoms with van der Waals surface area (Å²) in [5, 5.41) is 2.20. The van der Waals surface area contributed by atoms with Crippen LogP contribution in [0, 0.1) is 0 Å². The van der Waals surface area contributed by atoms with Crippen molar-refractivity contribution in [3.05, 3.63) is 18.2 Å². The molecule has 0 saturated carbocycles. The monoisotopic (exact) mass is 307 g/mol. The molecule has 0 saturated heterocycles. The number of alkyl halides is 3. The van der Waals surface area contributed by atoms with E-state index in [1.165, 1.54) is 19.2 Å². The summed E-state index contributed by atoms with van der Waals surface area (Å²) in [6.45, 7) is 4.88. The molecule has 0 aliphatic carbocycles. The predicted molar refractivity (Wildman–Crippen MR) is 69.5 cm³/mol. The third-order valence-corrected chi connectivity index (χ3v) is 2.06. The van der Waals surface area contributed by atoms with Gasteiger partial charge in [0.15, 0.2) is 5.75 Å². The second-order valence-electron chi connectivity index (χ2n) is 5.01. The van der Waals surface area contributed by atoms with Crippen LogP contribution in [-0.4, -0.2) is 25.2 Å². The van der Waals surface area contributed by atoms with Gasteiger partial charge in [-0.25, -0.2) is 4.79 Å². The highest BCUT2D eigenvalue weighted by molar-refractivity contribution is 5.89. The number of ether oxygens (including phenoxy) is 3. The maximum absolute atomic E-state index is 12.4. The predicted octanol–water partition coefficient (Wildman–Crippen LogP) is 3.94. The Labute approximate surface area is 120 Å². The van der Waals surface area contributed by atoms with Crippen molar-refractivity contribution in [1.82, 2.24) is 0 Å². The van der Waals surface area contributed by atoms with Crippen molar-refractivity contribution in [2.24, 2.45) is 0 Å². The van der Waals surface area contributed by atoms with Gasteiger partial charge in [-0.2, -0.15) is 0 Å². The largest absolute Gasteiger partial charge is 0.573 e. The Morgan fingerprint density at radius 2 is 1.71 bits per heavy atom. The summed E-state index contributed by atoms with van der Waals surface area (Å²) in [7, 11) is 1.26. The lowest BCUT2D eigenvalue weighted by atomic mass is 10.2. The summed E-state index contributed by atoms with van der Waals surface area (Å²) < 4.78 is 50.8. The molecule has 1 rings (SSSR count). The molecule has 1 aromatic rings. The number of hydrogen-bond acceptors (Lipinski definition) is 4. The summed E-state index contributed by atoms with van der Waals surface area (Å²) in [4.78, 5) is 11.7. The highest BCUT2D eigenvalue weighted by Gasteiger charge is 2.33. The standard InChI is InChI=1S/C13H16F3NO4/c1-12(2,3)21-11(18)17-10-8(19-4)6-5-7-9(10)20-13(14,15)16/h5-7H,1-4H3,(H,17,18). The first-order valence-electron chi connectivity index (χ1n) is 5.94. The van der Waals surface area contributed by atoms with E-state index in [4.69, 9.17) is 9.47 Å². The van der Waals surface area contributed by atoms with Crippen LogP contribution in [0.25, 0.3) is 0 Å². The van der Waals surface area contributed by atoms with Gasteiger partial charge in [0.2, 0.25) is 0 Å². The molecule has 5 nitrogen and oxygen atoms in total. The van der Waals surface area contributed by atoms with Crippen molar-refractivity contribution >= 4 is 11.8 Å². The average Bonchev–Trinajstić information content (AvgIpc) is 2.26. The van der Waals surface area contributed by atoms with Gasteiger partial charge in [-0.3, -0.25) is 5.32 Å². The minimum atomic E-state index is -4.89. The van der Waals surface area contributed by atoms with E-state index in [-0.39, 0.29) is 11.4 Å². The van der Waals surface area contributed by atoms with Gasteiger partial charge in [-0.1, -0.05) is 6.07 Å². The fourth-order valence-electron chi connectivity index (χ4n) is 1.42. The molecule has 0 aliphatic heterocycles. The van der Waals surface area contributed by atoms with Crippen LogP contribution in [0.1, 0.15) is 20.8 Å². The van der Waals surface area contributed by atoms with E-state index in [9.17, 15) is 18.0 Å². The van der Waals surface area contributed by atoms with E-state index in [2.05, 4.69) is 10.1 Å². The van der Waals surface area contributed by atoms with Crippen molar-refractivity contribution < 1.29 is 32.2 Å². The van der Waals surface area contributed by atoms with E-state index < -0.39 is 23.8 Å². The number of carbonyl (C=O) groups is 1. The van der Waals surface area contributed by atoms with Gasteiger partial charge in [0.05, 0.1) is 7.11 Å². The lowest BCUT2D eigenvalue weighted by Crippen LogP contribution is -2.28. The van der Waals surface area contributed by atoms with Crippen molar-refractivity contribution in [3.63, 3.8) is 0 Å². The molecule has 8 heteroatoms. The molecule has 0 unspecified atom stereocenters. The highest BCUT2D eigenvalue weighted by atomic mass is 19.4. The first kappa shape index (κ1) is 16.9. The van der Waals surface area contributed by atoms with E-state index in [0.717, 1.165) is 6.07 Å². The molecule has 1 amide bonds. The molecule has 0 fully saturated rings. The van der Waals surface area contributed by atoms with Gasteiger partial charge in [-0.15, -0.1) is 13.2 Å². The lowest BCUT2D eigenvalue weighted by molar-refractivity contribution is -0.274. The van der Waals surface area contributed by atoms with Crippen LogP contribution >= 0.6 is 0 Å². The number of para-hydroxylation sites is 1. The molecule has 1 N–H and O–H groups in total. The molecule has 1 aromatic carbocycles. The van der Waals surface area contributed by atoms with Gasteiger partial charge >= 0.3 is 12.5 Å². The van der Waals surface area contributed by atoms with Crippen LogP contribution in [0.2, 0.25) is 0 Å². The molecular weight excluding hydrogens is 291 g/mol. The molecule has 0 aliphatic rings. The number of benzene rings is 1. The zero-order chi connectivity index (χ0) is 16.3. The number of amides is 1. The fraction of sp³-hybridized carbons (Fsp3) is 0.462. The quantitative estimate of drug-likeness (QED) is 0.919. The molecule has 0 radical (unpaired) electrons. The Morgan fingerprint density at radius 1 is 1.14 bits per heavy atom. The number of methoxy groups -OCH3 is 1. The smallest absolute Gasteiger partial charge is 0.494 e. The normalized spacial score (nSPS) is 11.8. The van der Waals surface area contributed by atoms with Crippen LogP contribution in [-0.2, 0) is 4.74 Å². The van der Waals surface area contributed by atoms with Crippen LogP contribution in [0.5, 0.6) is 11.5 Å². The van der Waals surface area contributed by atoms with Crippen LogP contribution in [0.4, 0.5) is 23.7 Å². The SMILES string of the molecule is COc1cccc(OC(F)(F)F)c1NC(=O)OC(C)(C)C. The van der Waals surface area contributed by atoms with Gasteiger partial charge in [-0.05, 0) is 32.9 Å². The molecular formula is C13H16F3NO4. The Hall–Kier alpha value is -2.12. The number of hydrogen-bond donors (Lipinski definition) is 1. The summed E-state index contributed by atoms with van der Waals surface area (Å²) in [5.74, 6) is -0.574. The number of rotatable bonds is 3. The number of carbonyl (C=O) groups excluding carboxylic acids is 1. The first-order chi connectivity index (χ1) is 9.52. The molecule has 0 atom stereocenters. The second kappa shape index (κ2) is 6.11. The van der Waals surface area contributed by atoms with E-state index in [1.807, 2.05) is 0 Å². The topological polar surface area (TPSA) is 56.8 Å². The molecule has 0 aromatic heterocycles. The van der Waals surface area contributed by atoms with E-state index in [0.29, 0.717) is 0 Å². The zero-order valence-corrected chi connectivity index (χ0v) is 12.0. The average molecular weight is 307 g/mol. The van der Waals surface area contributed by atoms with Crippen molar-refractivity contribution in [2.45, 2.75) is 32.7 Å². The fourth-order valence-corrected chi connectivity index (χ4v) is 1.42. The Bertz CT molecular complexity index is 509. The summed E-state index contributed by atoms with van der Waals surface area (Å²) in [5.41, 5.74) is -1.05.